The Morgan fingerprint density at radius 1 is 1.37 bits per heavy atom. The predicted molar refractivity (Wildman–Crippen MR) is 95.5 cm³/mol. The fraction of sp³-hybridized carbons (Fsp3) is 0.421. The summed E-state index contributed by atoms with van der Waals surface area (Å²) < 4.78 is 20.1. The van der Waals surface area contributed by atoms with Crippen molar-refractivity contribution in [2.24, 2.45) is 0 Å². The number of carbonyl (C=O) groups excluding carboxylic acids is 1. The molecule has 2 N–H and O–H groups in total. The molecule has 0 fully saturated rings. The highest BCUT2D eigenvalue weighted by Gasteiger charge is 2.28. The summed E-state index contributed by atoms with van der Waals surface area (Å²) in [5, 5.41) is 16.2. The van der Waals surface area contributed by atoms with Gasteiger partial charge < -0.3 is 15.2 Å². The van der Waals surface area contributed by atoms with Crippen LogP contribution in [0, 0.1) is 5.82 Å². The van der Waals surface area contributed by atoms with Gasteiger partial charge in [0, 0.05) is 31.4 Å². The van der Waals surface area contributed by atoms with Gasteiger partial charge in [-0.1, -0.05) is 6.07 Å². The molecule has 1 amide bonds. The Hall–Kier alpha value is -2.74. The predicted octanol–water partition coefficient (Wildman–Crippen LogP) is 2.11. The number of aromatic nitrogens is 2. The molecular formula is C19H22FN3O4. The SMILES string of the molecule is COCCC(NC(=O)c1nn(-c2cccc(F)c2)c2c1CCCC2)C(=O)O. The van der Waals surface area contributed by atoms with Crippen LogP contribution in [-0.4, -0.2) is 46.5 Å². The molecule has 7 nitrogen and oxygen atoms in total. The fourth-order valence-electron chi connectivity index (χ4n) is 3.32. The molecule has 0 bridgehead atoms. The Morgan fingerprint density at radius 2 is 2.15 bits per heavy atom. The van der Waals surface area contributed by atoms with Crippen molar-refractivity contribution in [1.29, 1.82) is 0 Å². The number of fused-ring (bicyclic) bond motifs is 1. The van der Waals surface area contributed by atoms with E-state index in [1.165, 1.54) is 19.2 Å². The summed E-state index contributed by atoms with van der Waals surface area (Å²) in [7, 11) is 1.47. The molecule has 3 rings (SSSR count). The minimum absolute atomic E-state index is 0.157. The normalized spacial score (nSPS) is 14.4. The second-order valence-electron chi connectivity index (χ2n) is 6.52. The quantitative estimate of drug-likeness (QED) is 0.773. The van der Waals surface area contributed by atoms with Crippen LogP contribution in [-0.2, 0) is 22.4 Å². The second kappa shape index (κ2) is 8.30. The van der Waals surface area contributed by atoms with Crippen LogP contribution in [0.1, 0.15) is 41.0 Å². The molecule has 1 aliphatic rings. The molecular weight excluding hydrogens is 353 g/mol. The van der Waals surface area contributed by atoms with Gasteiger partial charge in [0.1, 0.15) is 11.9 Å². The van der Waals surface area contributed by atoms with Crippen molar-refractivity contribution in [1.82, 2.24) is 15.1 Å². The highest BCUT2D eigenvalue weighted by atomic mass is 19.1. The summed E-state index contributed by atoms with van der Waals surface area (Å²) in [6.07, 6.45) is 3.46. The highest BCUT2D eigenvalue weighted by Crippen LogP contribution is 2.27. The van der Waals surface area contributed by atoms with E-state index in [9.17, 15) is 19.1 Å². The summed E-state index contributed by atoms with van der Waals surface area (Å²) in [5.74, 6) is -2.05. The maximum Gasteiger partial charge on any atom is 0.326 e. The summed E-state index contributed by atoms with van der Waals surface area (Å²) >= 11 is 0. The van der Waals surface area contributed by atoms with Gasteiger partial charge in [-0.2, -0.15) is 5.10 Å². The van der Waals surface area contributed by atoms with Gasteiger partial charge in [0.25, 0.3) is 5.91 Å². The zero-order valence-corrected chi connectivity index (χ0v) is 15.1. The Morgan fingerprint density at radius 3 is 2.85 bits per heavy atom. The minimum Gasteiger partial charge on any atom is -0.480 e. The Kier molecular flexibility index (Phi) is 5.85. The van der Waals surface area contributed by atoms with Crippen molar-refractivity contribution >= 4 is 11.9 Å². The molecule has 1 aliphatic carbocycles. The summed E-state index contributed by atoms with van der Waals surface area (Å²) in [4.78, 5) is 24.1. The first-order valence-corrected chi connectivity index (χ1v) is 8.90. The average Bonchev–Trinajstić information content (AvgIpc) is 3.04. The Balaban J connectivity index is 1.93. The zero-order valence-electron chi connectivity index (χ0n) is 15.1. The van der Waals surface area contributed by atoms with E-state index in [1.807, 2.05) is 0 Å². The number of carbonyl (C=O) groups is 2. The van der Waals surface area contributed by atoms with Gasteiger partial charge in [0.15, 0.2) is 5.69 Å². The van der Waals surface area contributed by atoms with E-state index < -0.39 is 17.9 Å². The van der Waals surface area contributed by atoms with Crippen molar-refractivity contribution in [3.8, 4) is 5.69 Å². The number of amides is 1. The second-order valence-corrected chi connectivity index (χ2v) is 6.52. The van der Waals surface area contributed by atoms with E-state index in [4.69, 9.17) is 4.74 Å². The molecule has 0 saturated heterocycles. The maximum absolute atomic E-state index is 13.6. The molecule has 1 atom stereocenters. The molecule has 1 heterocycles. The monoisotopic (exact) mass is 375 g/mol. The van der Waals surface area contributed by atoms with E-state index in [-0.39, 0.29) is 24.5 Å². The first-order valence-electron chi connectivity index (χ1n) is 8.90. The maximum atomic E-state index is 13.6. The standard InChI is InChI=1S/C19H22FN3O4/c1-27-10-9-15(19(25)26)21-18(24)17-14-7-2-3-8-16(14)23(22-17)13-6-4-5-12(20)11-13/h4-6,11,15H,2-3,7-10H2,1H3,(H,21,24)(H,25,26). The van der Waals surface area contributed by atoms with Crippen LogP contribution in [0.25, 0.3) is 5.69 Å². The van der Waals surface area contributed by atoms with Gasteiger partial charge in [0.2, 0.25) is 0 Å². The number of nitrogens with zero attached hydrogens (tertiary/aromatic N) is 2. The molecule has 1 unspecified atom stereocenters. The number of ether oxygens (including phenoxy) is 1. The summed E-state index contributed by atoms with van der Waals surface area (Å²) in [5.41, 5.74) is 2.43. The van der Waals surface area contributed by atoms with Gasteiger partial charge in [0.05, 0.1) is 5.69 Å². The van der Waals surface area contributed by atoms with Gasteiger partial charge in [-0.15, -0.1) is 0 Å². The van der Waals surface area contributed by atoms with Crippen LogP contribution in [0.5, 0.6) is 0 Å². The molecule has 8 heteroatoms. The van der Waals surface area contributed by atoms with Crippen molar-refractivity contribution in [3.05, 3.63) is 47.0 Å². The van der Waals surface area contributed by atoms with Crippen molar-refractivity contribution in [3.63, 3.8) is 0 Å². The molecule has 0 radical (unpaired) electrons. The Bertz CT molecular complexity index is 849. The number of methoxy groups -OCH3 is 1. The third-order valence-corrected chi connectivity index (χ3v) is 4.66. The van der Waals surface area contributed by atoms with Crippen LogP contribution >= 0.6 is 0 Å². The summed E-state index contributed by atoms with van der Waals surface area (Å²) in [6, 6.07) is 4.97. The van der Waals surface area contributed by atoms with Crippen LogP contribution in [0.3, 0.4) is 0 Å². The van der Waals surface area contributed by atoms with E-state index in [2.05, 4.69) is 10.4 Å². The van der Waals surface area contributed by atoms with Crippen molar-refractivity contribution < 1.29 is 23.8 Å². The lowest BCUT2D eigenvalue weighted by molar-refractivity contribution is -0.139. The minimum atomic E-state index is -1.13. The molecule has 0 spiro atoms. The van der Waals surface area contributed by atoms with Gasteiger partial charge in [-0.3, -0.25) is 4.79 Å². The van der Waals surface area contributed by atoms with Crippen molar-refractivity contribution in [2.75, 3.05) is 13.7 Å². The van der Waals surface area contributed by atoms with Crippen LogP contribution < -0.4 is 5.32 Å². The first kappa shape index (κ1) is 19.0. The van der Waals surface area contributed by atoms with E-state index in [0.717, 1.165) is 30.5 Å². The number of carboxylic acids is 1. The van der Waals surface area contributed by atoms with Gasteiger partial charge in [-0.05, 0) is 43.9 Å². The molecule has 1 aromatic carbocycles. The largest absolute Gasteiger partial charge is 0.480 e. The van der Waals surface area contributed by atoms with Crippen LogP contribution in [0.15, 0.2) is 24.3 Å². The fourth-order valence-corrected chi connectivity index (χ4v) is 3.32. The summed E-state index contributed by atoms with van der Waals surface area (Å²) in [6.45, 7) is 0.215. The van der Waals surface area contributed by atoms with E-state index in [0.29, 0.717) is 12.1 Å². The van der Waals surface area contributed by atoms with Crippen molar-refractivity contribution in [2.45, 2.75) is 38.1 Å². The third-order valence-electron chi connectivity index (χ3n) is 4.66. The average molecular weight is 375 g/mol. The lowest BCUT2D eigenvalue weighted by atomic mass is 9.95. The molecule has 144 valence electrons. The number of hydrogen-bond donors (Lipinski definition) is 2. The number of aliphatic carboxylic acids is 1. The number of carboxylic acid groups (broad SMARTS) is 1. The number of rotatable bonds is 7. The smallest absolute Gasteiger partial charge is 0.326 e. The number of nitrogens with one attached hydrogen (secondary N) is 1. The van der Waals surface area contributed by atoms with Gasteiger partial charge >= 0.3 is 5.97 Å². The topological polar surface area (TPSA) is 93.5 Å². The van der Waals surface area contributed by atoms with Crippen LogP contribution in [0.4, 0.5) is 4.39 Å². The van der Waals surface area contributed by atoms with E-state index in [1.54, 1.807) is 16.8 Å². The number of halogens is 1. The van der Waals surface area contributed by atoms with Crippen LogP contribution in [0.2, 0.25) is 0 Å². The third kappa shape index (κ3) is 4.16. The highest BCUT2D eigenvalue weighted by molar-refractivity contribution is 5.96. The molecule has 0 aliphatic heterocycles. The molecule has 2 aromatic rings. The molecule has 27 heavy (non-hydrogen) atoms. The van der Waals surface area contributed by atoms with Gasteiger partial charge in [-0.25, -0.2) is 13.9 Å². The molecule has 1 aromatic heterocycles. The van der Waals surface area contributed by atoms with E-state index >= 15 is 0 Å². The number of benzene rings is 1. The molecule has 0 saturated carbocycles. The Labute approximate surface area is 156 Å². The number of hydrogen-bond acceptors (Lipinski definition) is 4. The first-order chi connectivity index (χ1) is 13.0. The lowest BCUT2D eigenvalue weighted by Crippen LogP contribution is -2.42. The zero-order chi connectivity index (χ0) is 19.4. The lowest BCUT2D eigenvalue weighted by Gasteiger charge is -2.15.